The molecular formula is C16H22B3N5O2. The van der Waals surface area contributed by atoms with E-state index < -0.39 is 5.30 Å². The molecule has 0 aliphatic heterocycles. The van der Waals surface area contributed by atoms with Crippen LogP contribution in [0, 0.1) is 0 Å². The van der Waals surface area contributed by atoms with Gasteiger partial charge in [0.05, 0.1) is 5.69 Å². The van der Waals surface area contributed by atoms with E-state index in [0.29, 0.717) is 28.2 Å². The van der Waals surface area contributed by atoms with Crippen LogP contribution in [0.1, 0.15) is 5.56 Å². The summed E-state index contributed by atoms with van der Waals surface area (Å²) in [5.41, 5.74) is 14.1. The molecule has 0 saturated carbocycles. The average Bonchev–Trinajstić information content (AvgIpc) is 2.58. The van der Waals surface area contributed by atoms with Crippen LogP contribution in [0.3, 0.4) is 0 Å². The number of nitrogens with zero attached hydrogens (tertiary/aromatic N) is 2. The van der Waals surface area contributed by atoms with Crippen LogP contribution < -0.4 is 16.8 Å². The highest BCUT2D eigenvalue weighted by Gasteiger charge is 2.14. The summed E-state index contributed by atoms with van der Waals surface area (Å²) < 4.78 is 5.59. The number of aromatic nitrogens is 2. The molecular weight excluding hydrogens is 327 g/mol. The second-order valence-corrected chi connectivity index (χ2v) is 6.67. The molecule has 7 nitrogen and oxygen atoms in total. The van der Waals surface area contributed by atoms with Crippen molar-refractivity contribution in [2.24, 2.45) is 11.5 Å². The van der Waals surface area contributed by atoms with Crippen LogP contribution in [0.4, 0.5) is 5.82 Å². The number of nitrogens with one attached hydrogen (secondary N) is 1. The number of phenolic OH excluding ortho intramolecular Hbond substituents is 1. The number of ether oxygens (including phenoxy) is 1. The molecule has 0 unspecified atom stereocenters. The number of nitrogens with two attached hydrogens (primary N) is 2. The van der Waals surface area contributed by atoms with Gasteiger partial charge in [0, 0.05) is 35.8 Å². The predicted molar refractivity (Wildman–Crippen MR) is 113 cm³/mol. The van der Waals surface area contributed by atoms with Crippen molar-refractivity contribution in [3.63, 3.8) is 0 Å². The van der Waals surface area contributed by atoms with Crippen molar-refractivity contribution >= 4 is 34.9 Å². The number of allylic oxidation sites excluding steroid dienone is 2. The minimum atomic E-state index is -0.412. The minimum absolute atomic E-state index is 0.0667. The van der Waals surface area contributed by atoms with Gasteiger partial charge in [0.1, 0.15) is 35.1 Å². The summed E-state index contributed by atoms with van der Waals surface area (Å²) >= 11 is 0. The van der Waals surface area contributed by atoms with Gasteiger partial charge in [-0.05, 0) is 29.8 Å². The SMILES string of the molecule is BC(B)(B)O/C(N)=C/C(=C\N)c1ccc(-c2ccc(NC)nn2)c(O)c1. The smallest absolute Gasteiger partial charge is 0.182 e. The van der Waals surface area contributed by atoms with Crippen molar-refractivity contribution in [3.05, 3.63) is 54.1 Å². The Kier molecular flexibility index (Phi) is 5.87. The van der Waals surface area contributed by atoms with Gasteiger partial charge in [0.15, 0.2) is 5.88 Å². The van der Waals surface area contributed by atoms with Crippen LogP contribution >= 0.6 is 0 Å². The molecule has 1 aromatic carbocycles. The lowest BCUT2D eigenvalue weighted by atomic mass is 9.52. The molecule has 0 spiro atoms. The topological polar surface area (TPSA) is 119 Å². The molecule has 0 amide bonds. The van der Waals surface area contributed by atoms with Crippen LogP contribution in [-0.4, -0.2) is 51.2 Å². The molecule has 0 aliphatic rings. The second-order valence-electron chi connectivity index (χ2n) is 6.67. The molecule has 0 radical (unpaired) electrons. The molecule has 1 heterocycles. The van der Waals surface area contributed by atoms with Crippen LogP contribution in [0.25, 0.3) is 16.8 Å². The number of phenols is 1. The zero-order chi connectivity index (χ0) is 19.3. The lowest BCUT2D eigenvalue weighted by Gasteiger charge is -2.21. The number of anilines is 1. The predicted octanol–water partition coefficient (Wildman–Crippen LogP) is -1.48. The van der Waals surface area contributed by atoms with Crippen molar-refractivity contribution < 1.29 is 9.84 Å². The van der Waals surface area contributed by atoms with E-state index in [2.05, 4.69) is 15.5 Å². The number of hydrogen-bond acceptors (Lipinski definition) is 7. The maximum Gasteiger partial charge on any atom is 0.182 e. The normalized spacial score (nSPS) is 12.7. The molecule has 0 aliphatic carbocycles. The Morgan fingerprint density at radius 2 is 1.96 bits per heavy atom. The van der Waals surface area contributed by atoms with E-state index in [1.165, 1.54) is 6.20 Å². The van der Waals surface area contributed by atoms with Crippen molar-refractivity contribution in [2.75, 3.05) is 12.4 Å². The zero-order valence-corrected chi connectivity index (χ0v) is 15.4. The highest BCUT2D eigenvalue weighted by Crippen LogP contribution is 2.31. The summed E-state index contributed by atoms with van der Waals surface area (Å²) in [5.74, 6) is 0.959. The molecule has 0 atom stereocenters. The highest BCUT2D eigenvalue weighted by molar-refractivity contribution is 6.58. The first kappa shape index (κ1) is 19.3. The monoisotopic (exact) mass is 349 g/mol. The van der Waals surface area contributed by atoms with E-state index in [9.17, 15) is 5.11 Å². The fourth-order valence-electron chi connectivity index (χ4n) is 2.30. The Labute approximate surface area is 155 Å². The maximum atomic E-state index is 10.4. The van der Waals surface area contributed by atoms with Crippen LogP contribution in [0.2, 0.25) is 0 Å². The zero-order valence-electron chi connectivity index (χ0n) is 15.4. The Morgan fingerprint density at radius 3 is 2.46 bits per heavy atom. The third-order valence-corrected chi connectivity index (χ3v) is 3.43. The molecule has 1 aromatic heterocycles. The number of hydrogen-bond donors (Lipinski definition) is 4. The fraction of sp³-hybridized carbons (Fsp3) is 0.125. The summed E-state index contributed by atoms with van der Waals surface area (Å²) in [6.45, 7) is 0. The third-order valence-electron chi connectivity index (χ3n) is 3.43. The van der Waals surface area contributed by atoms with E-state index >= 15 is 0 Å². The Hall–Kier alpha value is -3.03. The largest absolute Gasteiger partial charge is 0.507 e. The average molecular weight is 349 g/mol. The van der Waals surface area contributed by atoms with Gasteiger partial charge in [-0.25, -0.2) is 0 Å². The lowest BCUT2D eigenvalue weighted by molar-refractivity contribution is 0.206. The van der Waals surface area contributed by atoms with E-state index in [-0.39, 0.29) is 11.6 Å². The van der Waals surface area contributed by atoms with Crippen LogP contribution in [0.5, 0.6) is 5.75 Å². The van der Waals surface area contributed by atoms with Crippen LogP contribution in [-0.2, 0) is 4.74 Å². The third kappa shape index (κ3) is 4.98. The summed E-state index contributed by atoms with van der Waals surface area (Å²) in [5, 5.41) is 21.0. The van der Waals surface area contributed by atoms with E-state index in [0.717, 1.165) is 0 Å². The minimum Gasteiger partial charge on any atom is -0.507 e. The van der Waals surface area contributed by atoms with Gasteiger partial charge in [0.25, 0.3) is 0 Å². The van der Waals surface area contributed by atoms with Crippen molar-refractivity contribution in [3.8, 4) is 17.0 Å². The summed E-state index contributed by atoms with van der Waals surface area (Å²) in [7, 11) is 7.47. The van der Waals surface area contributed by atoms with E-state index in [1.54, 1.807) is 37.4 Å². The Balaban J connectivity index is 2.30. The molecule has 6 N–H and O–H groups in total. The molecule has 0 fully saturated rings. The molecule has 132 valence electrons. The molecule has 2 aromatic rings. The van der Waals surface area contributed by atoms with Crippen molar-refractivity contribution in [1.29, 1.82) is 0 Å². The summed E-state index contributed by atoms with van der Waals surface area (Å²) in [6.07, 6.45) is 3.04. The number of aromatic hydroxyl groups is 1. The second kappa shape index (κ2) is 7.90. The van der Waals surface area contributed by atoms with Crippen molar-refractivity contribution in [2.45, 2.75) is 5.30 Å². The van der Waals surface area contributed by atoms with Gasteiger partial charge < -0.3 is 26.6 Å². The molecule has 2 rings (SSSR count). The van der Waals surface area contributed by atoms with Crippen LogP contribution in [0.15, 0.2) is 48.5 Å². The number of rotatable bonds is 6. The summed E-state index contributed by atoms with van der Waals surface area (Å²) in [4.78, 5) is 0. The lowest BCUT2D eigenvalue weighted by Crippen LogP contribution is -2.35. The Bertz CT molecular complexity index is 833. The molecule has 0 bridgehead atoms. The van der Waals surface area contributed by atoms with Crippen molar-refractivity contribution in [1.82, 2.24) is 10.2 Å². The maximum absolute atomic E-state index is 10.4. The fourth-order valence-corrected chi connectivity index (χ4v) is 2.30. The molecule has 10 heteroatoms. The first-order chi connectivity index (χ1) is 12.2. The van der Waals surface area contributed by atoms with Gasteiger partial charge in [-0.15, -0.1) is 10.2 Å². The Morgan fingerprint density at radius 1 is 1.23 bits per heavy atom. The first-order valence-electron chi connectivity index (χ1n) is 8.17. The molecule has 26 heavy (non-hydrogen) atoms. The molecule has 0 saturated heterocycles. The van der Waals surface area contributed by atoms with Gasteiger partial charge >= 0.3 is 0 Å². The van der Waals surface area contributed by atoms with Gasteiger partial charge in [0.2, 0.25) is 0 Å². The van der Waals surface area contributed by atoms with Gasteiger partial charge in [-0.2, -0.15) is 0 Å². The van der Waals surface area contributed by atoms with E-state index in [4.69, 9.17) is 16.2 Å². The number of benzene rings is 1. The van der Waals surface area contributed by atoms with Gasteiger partial charge in [-0.3, -0.25) is 0 Å². The van der Waals surface area contributed by atoms with Gasteiger partial charge in [-0.1, -0.05) is 6.07 Å². The van der Waals surface area contributed by atoms with E-state index in [1.807, 2.05) is 29.6 Å². The standard InChI is InChI=1S/C16H22B3N5O2/c1-22-15-5-4-12(23-24-15)11-3-2-9(6-13(11)25)10(8-20)7-14(21)26-16(17,18)19/h2-8,25H,17-21H2,1H3,(H,22,24)/b10-8+,14-7+. The summed E-state index contributed by atoms with van der Waals surface area (Å²) in [6, 6.07) is 8.74. The quantitative estimate of drug-likeness (QED) is 0.285. The first-order valence-corrected chi connectivity index (χ1v) is 8.17. The highest BCUT2D eigenvalue weighted by atomic mass is 16.5.